The molecule has 0 saturated carbocycles. The summed E-state index contributed by atoms with van der Waals surface area (Å²) < 4.78 is 6.70. The molecule has 2 aromatic heterocycles. The van der Waals surface area contributed by atoms with Crippen LogP contribution in [0.15, 0.2) is 66.7 Å². The normalized spacial score (nSPS) is 10.9. The molecule has 0 spiro atoms. The predicted molar refractivity (Wildman–Crippen MR) is 111 cm³/mol. The molecule has 0 fully saturated rings. The summed E-state index contributed by atoms with van der Waals surface area (Å²) >= 11 is 7.94. The third-order valence-corrected chi connectivity index (χ3v) is 5.60. The van der Waals surface area contributed by atoms with E-state index in [1.165, 1.54) is 17.4 Å². The molecule has 6 nitrogen and oxygen atoms in total. The maximum absolute atomic E-state index is 12.5. The Hall–Kier alpha value is -2.36. The van der Waals surface area contributed by atoms with Gasteiger partial charge in [0.2, 0.25) is 5.13 Å². The molecule has 1 N–H and O–H groups in total. The summed E-state index contributed by atoms with van der Waals surface area (Å²) in [5, 5.41) is 12.2. The summed E-state index contributed by atoms with van der Waals surface area (Å²) in [5.74, 6) is -0.600. The van der Waals surface area contributed by atoms with Gasteiger partial charge in [-0.05, 0) is 34.1 Å². The van der Waals surface area contributed by atoms with Gasteiger partial charge in [-0.3, -0.25) is 10.1 Å². The van der Waals surface area contributed by atoms with E-state index in [-0.39, 0.29) is 5.56 Å². The Morgan fingerprint density at radius 2 is 1.85 bits per heavy atom. The zero-order chi connectivity index (χ0) is 19.0. The molecule has 134 valence electrons. The van der Waals surface area contributed by atoms with E-state index in [2.05, 4.69) is 47.4 Å². The standard InChI is InChI=1S/C18H9Br2N3O3S/c19-11-6-10-7-12(17(25)26-14(10)13(20)8-11)15(24)21-18-23-22-16(27-18)9-4-2-1-3-5-9/h1-8H,(H,21,23,24). The monoisotopic (exact) mass is 505 g/mol. The average molecular weight is 507 g/mol. The number of fused-ring (bicyclic) bond motifs is 1. The Kier molecular flexibility index (Phi) is 4.90. The Morgan fingerprint density at radius 3 is 2.63 bits per heavy atom. The van der Waals surface area contributed by atoms with Gasteiger partial charge in [0.15, 0.2) is 5.58 Å². The van der Waals surface area contributed by atoms with Crippen LogP contribution in [0, 0.1) is 0 Å². The van der Waals surface area contributed by atoms with Crippen LogP contribution in [-0.4, -0.2) is 16.1 Å². The van der Waals surface area contributed by atoms with Crippen LogP contribution in [0.4, 0.5) is 5.13 Å². The molecular formula is C18H9Br2N3O3S. The summed E-state index contributed by atoms with van der Waals surface area (Å²) in [7, 11) is 0. The van der Waals surface area contributed by atoms with Crippen LogP contribution in [-0.2, 0) is 0 Å². The third-order valence-electron chi connectivity index (χ3n) is 3.66. The molecule has 0 bridgehead atoms. The fourth-order valence-electron chi connectivity index (χ4n) is 2.45. The van der Waals surface area contributed by atoms with Gasteiger partial charge in [0, 0.05) is 15.4 Å². The van der Waals surface area contributed by atoms with Crippen LogP contribution >= 0.6 is 43.2 Å². The fraction of sp³-hybridized carbons (Fsp3) is 0. The van der Waals surface area contributed by atoms with E-state index in [0.717, 1.165) is 10.0 Å². The number of nitrogens with one attached hydrogen (secondary N) is 1. The van der Waals surface area contributed by atoms with Crippen molar-refractivity contribution in [1.29, 1.82) is 0 Å². The van der Waals surface area contributed by atoms with E-state index in [0.29, 0.717) is 25.6 Å². The minimum atomic E-state index is -0.726. The highest BCUT2D eigenvalue weighted by Gasteiger charge is 2.17. The summed E-state index contributed by atoms with van der Waals surface area (Å²) in [5.41, 5.74) is 0.442. The summed E-state index contributed by atoms with van der Waals surface area (Å²) in [6.07, 6.45) is 0. The maximum Gasteiger partial charge on any atom is 0.349 e. The fourth-order valence-corrected chi connectivity index (χ4v) is 4.53. The van der Waals surface area contributed by atoms with Gasteiger partial charge >= 0.3 is 5.63 Å². The van der Waals surface area contributed by atoms with Crippen molar-refractivity contribution in [3.05, 3.63) is 73.5 Å². The van der Waals surface area contributed by atoms with Crippen molar-refractivity contribution in [2.45, 2.75) is 0 Å². The van der Waals surface area contributed by atoms with Gasteiger partial charge in [-0.15, -0.1) is 10.2 Å². The Balaban J connectivity index is 1.65. The number of carbonyl (C=O) groups is 1. The number of carbonyl (C=O) groups excluding carboxylic acids is 1. The number of anilines is 1. The van der Waals surface area contributed by atoms with Crippen molar-refractivity contribution in [2.75, 3.05) is 5.32 Å². The highest BCUT2D eigenvalue weighted by molar-refractivity contribution is 9.11. The lowest BCUT2D eigenvalue weighted by molar-refractivity contribution is 0.102. The number of aromatic nitrogens is 2. The second-order valence-corrected chi connectivity index (χ2v) is 8.23. The second kappa shape index (κ2) is 7.34. The van der Waals surface area contributed by atoms with Gasteiger partial charge in [-0.1, -0.05) is 57.6 Å². The van der Waals surface area contributed by atoms with E-state index in [1.54, 1.807) is 12.1 Å². The van der Waals surface area contributed by atoms with E-state index in [1.807, 2.05) is 30.3 Å². The van der Waals surface area contributed by atoms with Gasteiger partial charge in [0.25, 0.3) is 5.91 Å². The van der Waals surface area contributed by atoms with Crippen LogP contribution in [0.1, 0.15) is 10.4 Å². The highest BCUT2D eigenvalue weighted by Crippen LogP contribution is 2.29. The predicted octanol–water partition coefficient (Wildman–Crippen LogP) is 5.09. The largest absolute Gasteiger partial charge is 0.421 e. The number of benzene rings is 2. The van der Waals surface area contributed by atoms with Crippen LogP contribution in [0.25, 0.3) is 21.5 Å². The number of rotatable bonds is 3. The molecule has 9 heteroatoms. The minimum Gasteiger partial charge on any atom is -0.421 e. The van der Waals surface area contributed by atoms with Gasteiger partial charge in [0.05, 0.1) is 4.47 Å². The highest BCUT2D eigenvalue weighted by atomic mass is 79.9. The first kappa shape index (κ1) is 18.0. The third kappa shape index (κ3) is 3.71. The van der Waals surface area contributed by atoms with Gasteiger partial charge in [-0.2, -0.15) is 0 Å². The van der Waals surface area contributed by atoms with E-state index >= 15 is 0 Å². The topological polar surface area (TPSA) is 85.1 Å². The maximum atomic E-state index is 12.5. The van der Waals surface area contributed by atoms with Gasteiger partial charge in [-0.25, -0.2) is 4.79 Å². The summed E-state index contributed by atoms with van der Waals surface area (Å²) in [6.45, 7) is 0. The number of hydrogen-bond acceptors (Lipinski definition) is 6. The average Bonchev–Trinajstić information content (AvgIpc) is 3.11. The van der Waals surface area contributed by atoms with Crippen molar-refractivity contribution < 1.29 is 9.21 Å². The lowest BCUT2D eigenvalue weighted by Crippen LogP contribution is -2.20. The molecule has 0 aliphatic heterocycles. The van der Waals surface area contributed by atoms with Crippen LogP contribution < -0.4 is 10.9 Å². The first-order valence-electron chi connectivity index (χ1n) is 7.64. The smallest absolute Gasteiger partial charge is 0.349 e. The number of halogens is 2. The molecule has 2 aromatic carbocycles. The lowest BCUT2D eigenvalue weighted by Gasteiger charge is -2.04. The SMILES string of the molecule is O=C(Nc1nnc(-c2ccccc2)s1)c1cc2cc(Br)cc(Br)c2oc1=O. The Labute approximate surface area is 173 Å². The first-order valence-corrected chi connectivity index (χ1v) is 10.0. The Bertz CT molecular complexity index is 1220. The van der Waals surface area contributed by atoms with Crippen LogP contribution in [0.5, 0.6) is 0 Å². The first-order chi connectivity index (χ1) is 13.0. The molecule has 27 heavy (non-hydrogen) atoms. The van der Waals surface area contributed by atoms with Crippen LogP contribution in [0.3, 0.4) is 0 Å². The second-order valence-electron chi connectivity index (χ2n) is 5.49. The molecule has 2 heterocycles. The summed E-state index contributed by atoms with van der Waals surface area (Å²) in [6, 6.07) is 14.5. The molecule has 0 radical (unpaired) electrons. The molecule has 0 aliphatic carbocycles. The zero-order valence-electron chi connectivity index (χ0n) is 13.4. The molecule has 4 aromatic rings. The van der Waals surface area contributed by atoms with E-state index < -0.39 is 11.5 Å². The van der Waals surface area contributed by atoms with Crippen molar-refractivity contribution in [3.8, 4) is 10.6 Å². The van der Waals surface area contributed by atoms with E-state index in [4.69, 9.17) is 4.42 Å². The van der Waals surface area contributed by atoms with Gasteiger partial charge in [0.1, 0.15) is 10.6 Å². The van der Waals surface area contributed by atoms with Gasteiger partial charge < -0.3 is 4.42 Å². The molecule has 1 amide bonds. The molecule has 0 saturated heterocycles. The number of hydrogen-bond donors (Lipinski definition) is 1. The van der Waals surface area contributed by atoms with E-state index in [9.17, 15) is 9.59 Å². The van der Waals surface area contributed by atoms with Crippen molar-refractivity contribution in [3.63, 3.8) is 0 Å². The lowest BCUT2D eigenvalue weighted by atomic mass is 10.2. The number of amides is 1. The van der Waals surface area contributed by atoms with Crippen LogP contribution in [0.2, 0.25) is 0 Å². The molecule has 4 rings (SSSR count). The van der Waals surface area contributed by atoms with Crippen molar-refractivity contribution in [1.82, 2.24) is 10.2 Å². The molecule has 0 aliphatic rings. The molecular weight excluding hydrogens is 498 g/mol. The molecule has 0 unspecified atom stereocenters. The van der Waals surface area contributed by atoms with Crippen molar-refractivity contribution in [2.24, 2.45) is 0 Å². The zero-order valence-corrected chi connectivity index (χ0v) is 17.4. The minimum absolute atomic E-state index is 0.107. The Morgan fingerprint density at radius 1 is 1.07 bits per heavy atom. The van der Waals surface area contributed by atoms with Crippen molar-refractivity contribution >= 4 is 65.2 Å². The summed E-state index contributed by atoms with van der Waals surface area (Å²) in [4.78, 5) is 24.8. The number of nitrogens with zero attached hydrogens (tertiary/aromatic N) is 2. The quantitative estimate of drug-likeness (QED) is 0.391. The molecule has 0 atom stereocenters.